The molecule has 0 radical (unpaired) electrons. The van der Waals surface area contributed by atoms with Crippen molar-refractivity contribution in [3.63, 3.8) is 0 Å². The Morgan fingerprint density at radius 2 is 2.24 bits per heavy atom. The third-order valence-corrected chi connectivity index (χ3v) is 3.60. The Hall–Kier alpha value is -1.95. The van der Waals surface area contributed by atoms with Crippen LogP contribution in [0.4, 0.5) is 10.5 Å². The van der Waals surface area contributed by atoms with E-state index in [1.165, 1.54) is 12.8 Å². The van der Waals surface area contributed by atoms with Crippen molar-refractivity contribution in [1.82, 2.24) is 10.6 Å². The summed E-state index contributed by atoms with van der Waals surface area (Å²) in [5.74, 6) is 1.26. The minimum absolute atomic E-state index is 0.225. The summed E-state index contributed by atoms with van der Waals surface area (Å²) in [6.07, 6.45) is 3.36. The highest BCUT2D eigenvalue weighted by Crippen LogP contribution is 2.28. The van der Waals surface area contributed by atoms with Crippen molar-refractivity contribution >= 4 is 11.7 Å². The smallest absolute Gasteiger partial charge is 0.319 e. The van der Waals surface area contributed by atoms with Gasteiger partial charge in [-0.2, -0.15) is 0 Å². The third kappa shape index (κ3) is 4.53. The van der Waals surface area contributed by atoms with Gasteiger partial charge in [0.1, 0.15) is 11.5 Å². The fourth-order valence-corrected chi connectivity index (χ4v) is 2.43. The molecule has 1 atom stereocenters. The molecule has 1 heterocycles. The standard InChI is InChI=1S/C15H23N3O3/c1-20-12-5-6-13(14(10-12)21-2)18-15(19)17-9-7-11-4-3-8-16-11/h5-6,10-11,16H,3-4,7-9H2,1-2H3,(H2,17,18,19)/t11-/m0/s1. The Bertz CT molecular complexity index is 473. The Morgan fingerprint density at radius 1 is 1.38 bits per heavy atom. The summed E-state index contributed by atoms with van der Waals surface area (Å²) in [6.45, 7) is 1.74. The largest absolute Gasteiger partial charge is 0.497 e. The molecule has 0 bridgehead atoms. The van der Waals surface area contributed by atoms with Crippen LogP contribution in [-0.2, 0) is 0 Å². The average Bonchev–Trinajstić information content (AvgIpc) is 3.01. The maximum absolute atomic E-state index is 11.9. The zero-order valence-electron chi connectivity index (χ0n) is 12.6. The summed E-state index contributed by atoms with van der Waals surface area (Å²) in [5, 5.41) is 9.05. The molecule has 0 spiro atoms. The van der Waals surface area contributed by atoms with Gasteiger partial charge < -0.3 is 25.4 Å². The molecular weight excluding hydrogens is 270 g/mol. The second-order valence-corrected chi connectivity index (χ2v) is 5.03. The van der Waals surface area contributed by atoms with E-state index in [0.717, 1.165) is 13.0 Å². The van der Waals surface area contributed by atoms with E-state index in [4.69, 9.17) is 9.47 Å². The first-order chi connectivity index (χ1) is 10.2. The molecular formula is C15H23N3O3. The Labute approximate surface area is 125 Å². The summed E-state index contributed by atoms with van der Waals surface area (Å²) < 4.78 is 10.4. The van der Waals surface area contributed by atoms with Crippen molar-refractivity contribution in [2.24, 2.45) is 0 Å². The summed E-state index contributed by atoms with van der Waals surface area (Å²) in [6, 6.07) is 5.58. The van der Waals surface area contributed by atoms with Gasteiger partial charge in [-0.1, -0.05) is 0 Å². The van der Waals surface area contributed by atoms with Crippen LogP contribution in [0.15, 0.2) is 18.2 Å². The van der Waals surface area contributed by atoms with Gasteiger partial charge in [0.25, 0.3) is 0 Å². The number of amides is 2. The third-order valence-electron chi connectivity index (χ3n) is 3.60. The summed E-state index contributed by atoms with van der Waals surface area (Å²) in [7, 11) is 3.15. The van der Waals surface area contributed by atoms with Crippen molar-refractivity contribution in [1.29, 1.82) is 0 Å². The molecule has 6 nitrogen and oxygen atoms in total. The van der Waals surface area contributed by atoms with Crippen LogP contribution < -0.4 is 25.4 Å². The molecule has 1 aromatic carbocycles. The molecule has 21 heavy (non-hydrogen) atoms. The molecule has 1 aromatic rings. The van der Waals surface area contributed by atoms with Crippen LogP contribution in [0.25, 0.3) is 0 Å². The van der Waals surface area contributed by atoms with Crippen LogP contribution >= 0.6 is 0 Å². The number of ether oxygens (including phenoxy) is 2. The van der Waals surface area contributed by atoms with E-state index in [9.17, 15) is 4.79 Å². The monoisotopic (exact) mass is 293 g/mol. The van der Waals surface area contributed by atoms with E-state index in [0.29, 0.717) is 29.8 Å². The molecule has 0 aromatic heterocycles. The second kappa shape index (κ2) is 7.73. The minimum Gasteiger partial charge on any atom is -0.497 e. The molecule has 1 saturated heterocycles. The van der Waals surface area contributed by atoms with E-state index >= 15 is 0 Å². The van der Waals surface area contributed by atoms with Gasteiger partial charge in [-0.25, -0.2) is 4.79 Å². The van der Waals surface area contributed by atoms with E-state index in [2.05, 4.69) is 16.0 Å². The first-order valence-corrected chi connectivity index (χ1v) is 7.23. The van der Waals surface area contributed by atoms with Crippen molar-refractivity contribution < 1.29 is 14.3 Å². The van der Waals surface area contributed by atoms with E-state index < -0.39 is 0 Å². The lowest BCUT2D eigenvalue weighted by molar-refractivity contribution is 0.251. The number of hydrogen-bond donors (Lipinski definition) is 3. The van der Waals surface area contributed by atoms with Gasteiger partial charge in [-0.15, -0.1) is 0 Å². The maximum Gasteiger partial charge on any atom is 0.319 e. The highest BCUT2D eigenvalue weighted by molar-refractivity contribution is 5.91. The van der Waals surface area contributed by atoms with Gasteiger partial charge in [-0.3, -0.25) is 0 Å². The van der Waals surface area contributed by atoms with Crippen molar-refractivity contribution in [2.75, 3.05) is 32.6 Å². The number of methoxy groups -OCH3 is 2. The number of carbonyl (C=O) groups is 1. The van der Waals surface area contributed by atoms with Gasteiger partial charge in [0.2, 0.25) is 0 Å². The van der Waals surface area contributed by atoms with E-state index in [-0.39, 0.29) is 6.03 Å². The van der Waals surface area contributed by atoms with Crippen LogP contribution in [0.5, 0.6) is 11.5 Å². The fourth-order valence-electron chi connectivity index (χ4n) is 2.43. The van der Waals surface area contributed by atoms with Gasteiger partial charge >= 0.3 is 6.03 Å². The van der Waals surface area contributed by atoms with Crippen LogP contribution in [0.3, 0.4) is 0 Å². The predicted molar refractivity (Wildman–Crippen MR) is 82.2 cm³/mol. The number of hydrogen-bond acceptors (Lipinski definition) is 4. The van der Waals surface area contributed by atoms with Crippen LogP contribution in [-0.4, -0.2) is 39.4 Å². The number of nitrogens with one attached hydrogen (secondary N) is 3. The lowest BCUT2D eigenvalue weighted by Gasteiger charge is -2.13. The van der Waals surface area contributed by atoms with Gasteiger partial charge in [0.05, 0.1) is 19.9 Å². The SMILES string of the molecule is COc1ccc(NC(=O)NCC[C@@H]2CCCN2)c(OC)c1. The molecule has 116 valence electrons. The highest BCUT2D eigenvalue weighted by Gasteiger charge is 2.14. The van der Waals surface area contributed by atoms with E-state index in [1.54, 1.807) is 32.4 Å². The number of anilines is 1. The normalized spacial score (nSPS) is 17.3. The quantitative estimate of drug-likeness (QED) is 0.750. The Kier molecular flexibility index (Phi) is 5.68. The summed E-state index contributed by atoms with van der Waals surface area (Å²) in [4.78, 5) is 11.9. The fraction of sp³-hybridized carbons (Fsp3) is 0.533. The van der Waals surface area contributed by atoms with E-state index in [1.807, 2.05) is 0 Å². The number of carbonyl (C=O) groups excluding carboxylic acids is 1. The molecule has 3 N–H and O–H groups in total. The molecule has 1 aliphatic rings. The zero-order valence-corrected chi connectivity index (χ0v) is 12.6. The van der Waals surface area contributed by atoms with Crippen molar-refractivity contribution in [3.8, 4) is 11.5 Å². The topological polar surface area (TPSA) is 71.6 Å². The molecule has 2 rings (SSSR count). The maximum atomic E-state index is 11.9. The second-order valence-electron chi connectivity index (χ2n) is 5.03. The molecule has 0 saturated carbocycles. The highest BCUT2D eigenvalue weighted by atomic mass is 16.5. The molecule has 6 heteroatoms. The summed E-state index contributed by atoms with van der Waals surface area (Å²) in [5.41, 5.74) is 0.620. The van der Waals surface area contributed by atoms with Gasteiger partial charge in [-0.05, 0) is 37.9 Å². The predicted octanol–water partition coefficient (Wildman–Crippen LogP) is 1.97. The zero-order chi connectivity index (χ0) is 15.1. The van der Waals surface area contributed by atoms with Crippen LogP contribution in [0, 0.1) is 0 Å². The van der Waals surface area contributed by atoms with Crippen LogP contribution in [0.2, 0.25) is 0 Å². The Balaban J connectivity index is 1.81. The first-order valence-electron chi connectivity index (χ1n) is 7.23. The number of rotatable bonds is 6. The number of benzene rings is 1. The van der Waals surface area contributed by atoms with Gasteiger partial charge in [0.15, 0.2) is 0 Å². The van der Waals surface area contributed by atoms with Gasteiger partial charge in [0, 0.05) is 18.7 Å². The van der Waals surface area contributed by atoms with Crippen LogP contribution in [0.1, 0.15) is 19.3 Å². The molecule has 0 unspecified atom stereocenters. The first kappa shape index (κ1) is 15.4. The molecule has 1 aliphatic heterocycles. The summed E-state index contributed by atoms with van der Waals surface area (Å²) >= 11 is 0. The molecule has 1 fully saturated rings. The lowest BCUT2D eigenvalue weighted by atomic mass is 10.1. The Morgan fingerprint density at radius 3 is 2.90 bits per heavy atom. The minimum atomic E-state index is -0.225. The molecule has 2 amide bonds. The number of urea groups is 1. The van der Waals surface area contributed by atoms with Crippen molar-refractivity contribution in [2.45, 2.75) is 25.3 Å². The molecule has 0 aliphatic carbocycles. The van der Waals surface area contributed by atoms with Crippen molar-refractivity contribution in [3.05, 3.63) is 18.2 Å². The average molecular weight is 293 g/mol. The lowest BCUT2D eigenvalue weighted by Crippen LogP contribution is -2.33.